The Kier molecular flexibility index (Phi) is 2.00. The Labute approximate surface area is 78.3 Å². The van der Waals surface area contributed by atoms with Crippen molar-refractivity contribution in [3.05, 3.63) is 11.8 Å². The second-order valence-corrected chi connectivity index (χ2v) is 3.86. The van der Waals surface area contributed by atoms with Crippen molar-refractivity contribution < 1.29 is 0 Å². The zero-order chi connectivity index (χ0) is 9.42. The maximum absolute atomic E-state index is 5.91. The van der Waals surface area contributed by atoms with E-state index < -0.39 is 0 Å². The van der Waals surface area contributed by atoms with Gasteiger partial charge in [0, 0.05) is 18.7 Å². The quantitative estimate of drug-likeness (QED) is 0.690. The Morgan fingerprint density at radius 1 is 1.62 bits per heavy atom. The molecular formula is C9H16N4. The van der Waals surface area contributed by atoms with E-state index in [1.54, 1.807) is 0 Å². The fraction of sp³-hybridized carbons (Fsp3) is 0.667. The lowest BCUT2D eigenvalue weighted by molar-refractivity contribution is 0.384. The Morgan fingerprint density at radius 2 is 2.38 bits per heavy atom. The molecule has 1 unspecified atom stereocenters. The molecule has 0 bridgehead atoms. The molecule has 13 heavy (non-hydrogen) atoms. The third-order valence-electron chi connectivity index (χ3n) is 2.74. The van der Waals surface area contributed by atoms with E-state index in [0.29, 0.717) is 6.04 Å². The van der Waals surface area contributed by atoms with Gasteiger partial charge in [0.1, 0.15) is 5.82 Å². The third kappa shape index (κ3) is 1.42. The van der Waals surface area contributed by atoms with Crippen molar-refractivity contribution in [1.29, 1.82) is 0 Å². The van der Waals surface area contributed by atoms with Crippen LogP contribution in [0.15, 0.2) is 6.20 Å². The van der Waals surface area contributed by atoms with Gasteiger partial charge in [0.05, 0.1) is 12.2 Å². The normalized spacial score (nSPS) is 24.0. The minimum Gasteiger partial charge on any atom is -0.384 e. The molecule has 1 saturated heterocycles. The minimum absolute atomic E-state index is 0.471. The van der Waals surface area contributed by atoms with Gasteiger partial charge in [-0.05, 0) is 20.4 Å². The van der Waals surface area contributed by atoms with E-state index >= 15 is 0 Å². The molecule has 1 aliphatic rings. The summed E-state index contributed by atoms with van der Waals surface area (Å²) in [6.07, 6.45) is 3.00. The predicted octanol–water partition coefficient (Wildman–Crippen LogP) is 0.650. The average Bonchev–Trinajstić information content (AvgIpc) is 2.62. The maximum atomic E-state index is 5.91. The number of hydrogen-bond donors (Lipinski definition) is 1. The molecule has 2 heterocycles. The van der Waals surface area contributed by atoms with Crippen molar-refractivity contribution in [3.63, 3.8) is 0 Å². The van der Waals surface area contributed by atoms with Crippen molar-refractivity contribution in [2.24, 2.45) is 0 Å². The van der Waals surface area contributed by atoms with Crippen molar-refractivity contribution in [2.75, 3.05) is 25.9 Å². The molecule has 1 aromatic heterocycles. The largest absolute Gasteiger partial charge is 0.384 e. The van der Waals surface area contributed by atoms with Crippen LogP contribution in [0, 0.1) is 6.92 Å². The standard InChI is InChI=1S/C9H16N4/c1-7-5-11-13(9(7)10)8-3-4-12(2)6-8/h5,8H,3-4,6,10H2,1-2H3. The SMILES string of the molecule is Cc1cnn(C2CCN(C)C2)c1N. The van der Waals surface area contributed by atoms with Gasteiger partial charge in [0.25, 0.3) is 0 Å². The first kappa shape index (κ1) is 8.56. The maximum Gasteiger partial charge on any atom is 0.124 e. The van der Waals surface area contributed by atoms with Crippen LogP contribution in [0.1, 0.15) is 18.0 Å². The number of rotatable bonds is 1. The summed E-state index contributed by atoms with van der Waals surface area (Å²) in [6.45, 7) is 4.20. The number of anilines is 1. The monoisotopic (exact) mass is 180 g/mol. The molecule has 1 atom stereocenters. The van der Waals surface area contributed by atoms with Gasteiger partial charge in [0.15, 0.2) is 0 Å². The van der Waals surface area contributed by atoms with Gasteiger partial charge in [-0.1, -0.05) is 0 Å². The van der Waals surface area contributed by atoms with Crippen LogP contribution in [0.4, 0.5) is 5.82 Å². The minimum atomic E-state index is 0.471. The Bertz CT molecular complexity index is 305. The van der Waals surface area contributed by atoms with Gasteiger partial charge in [-0.25, -0.2) is 4.68 Å². The van der Waals surface area contributed by atoms with E-state index in [-0.39, 0.29) is 0 Å². The van der Waals surface area contributed by atoms with Crippen molar-refractivity contribution in [2.45, 2.75) is 19.4 Å². The summed E-state index contributed by atoms with van der Waals surface area (Å²) in [4.78, 5) is 2.31. The van der Waals surface area contributed by atoms with Gasteiger partial charge >= 0.3 is 0 Å². The van der Waals surface area contributed by atoms with E-state index in [1.165, 1.54) is 0 Å². The molecule has 0 amide bonds. The topological polar surface area (TPSA) is 47.1 Å². The highest BCUT2D eigenvalue weighted by Gasteiger charge is 2.23. The first-order valence-corrected chi connectivity index (χ1v) is 4.66. The summed E-state index contributed by atoms with van der Waals surface area (Å²) < 4.78 is 1.96. The van der Waals surface area contributed by atoms with Crippen LogP contribution in [0.5, 0.6) is 0 Å². The summed E-state index contributed by atoms with van der Waals surface area (Å²) in [6, 6.07) is 0.471. The van der Waals surface area contributed by atoms with E-state index in [0.717, 1.165) is 30.9 Å². The van der Waals surface area contributed by atoms with Gasteiger partial charge in [-0.2, -0.15) is 5.10 Å². The van der Waals surface area contributed by atoms with Gasteiger partial charge in [-0.15, -0.1) is 0 Å². The lowest BCUT2D eigenvalue weighted by atomic mass is 10.2. The molecule has 0 radical (unpaired) electrons. The second kappa shape index (κ2) is 3.03. The van der Waals surface area contributed by atoms with E-state index in [4.69, 9.17) is 5.73 Å². The highest BCUT2D eigenvalue weighted by molar-refractivity contribution is 5.37. The Hall–Kier alpha value is -1.03. The number of likely N-dealkylation sites (tertiary alicyclic amines) is 1. The summed E-state index contributed by atoms with van der Waals surface area (Å²) in [7, 11) is 2.13. The van der Waals surface area contributed by atoms with Crippen LogP contribution >= 0.6 is 0 Å². The summed E-state index contributed by atoms with van der Waals surface area (Å²) in [5, 5.41) is 4.30. The highest BCUT2D eigenvalue weighted by Crippen LogP contribution is 2.23. The second-order valence-electron chi connectivity index (χ2n) is 3.86. The number of likely N-dealkylation sites (N-methyl/N-ethyl adjacent to an activating group) is 1. The molecule has 0 spiro atoms. The summed E-state index contributed by atoms with van der Waals surface area (Å²) in [5.74, 6) is 0.820. The molecule has 72 valence electrons. The van der Waals surface area contributed by atoms with Crippen LogP contribution in [0.3, 0.4) is 0 Å². The van der Waals surface area contributed by atoms with Crippen LogP contribution in [-0.4, -0.2) is 34.8 Å². The Balaban J connectivity index is 2.21. The highest BCUT2D eigenvalue weighted by atomic mass is 15.4. The van der Waals surface area contributed by atoms with Gasteiger partial charge in [-0.3, -0.25) is 0 Å². The lowest BCUT2D eigenvalue weighted by Crippen LogP contribution is -2.18. The molecule has 0 aliphatic carbocycles. The summed E-state index contributed by atoms with van der Waals surface area (Å²) >= 11 is 0. The lowest BCUT2D eigenvalue weighted by Gasteiger charge is -2.12. The van der Waals surface area contributed by atoms with Crippen LogP contribution < -0.4 is 5.73 Å². The Morgan fingerprint density at radius 3 is 2.85 bits per heavy atom. The fourth-order valence-corrected chi connectivity index (χ4v) is 1.86. The molecule has 4 nitrogen and oxygen atoms in total. The van der Waals surface area contributed by atoms with Crippen molar-refractivity contribution in [3.8, 4) is 0 Å². The van der Waals surface area contributed by atoms with Crippen LogP contribution in [0.2, 0.25) is 0 Å². The van der Waals surface area contributed by atoms with Crippen LogP contribution in [-0.2, 0) is 0 Å². The fourth-order valence-electron chi connectivity index (χ4n) is 1.86. The smallest absolute Gasteiger partial charge is 0.124 e. The van der Waals surface area contributed by atoms with Gasteiger partial charge < -0.3 is 10.6 Å². The number of aryl methyl sites for hydroxylation is 1. The number of nitrogen functional groups attached to an aromatic ring is 1. The zero-order valence-electron chi connectivity index (χ0n) is 8.20. The molecule has 1 aliphatic heterocycles. The molecular weight excluding hydrogens is 164 g/mol. The zero-order valence-corrected chi connectivity index (χ0v) is 8.20. The molecule has 1 fully saturated rings. The predicted molar refractivity (Wildman–Crippen MR) is 52.5 cm³/mol. The molecule has 2 rings (SSSR count). The van der Waals surface area contributed by atoms with Crippen LogP contribution in [0.25, 0.3) is 0 Å². The van der Waals surface area contributed by atoms with Gasteiger partial charge in [0.2, 0.25) is 0 Å². The number of hydrogen-bond acceptors (Lipinski definition) is 3. The number of nitrogens with two attached hydrogens (primary N) is 1. The molecule has 0 aromatic carbocycles. The first-order chi connectivity index (χ1) is 6.18. The molecule has 2 N–H and O–H groups in total. The molecule has 4 heteroatoms. The molecule has 1 aromatic rings. The van der Waals surface area contributed by atoms with E-state index in [2.05, 4.69) is 17.0 Å². The number of aromatic nitrogens is 2. The number of nitrogens with zero attached hydrogens (tertiary/aromatic N) is 3. The first-order valence-electron chi connectivity index (χ1n) is 4.66. The van der Waals surface area contributed by atoms with E-state index in [9.17, 15) is 0 Å². The van der Waals surface area contributed by atoms with Crippen molar-refractivity contribution >= 4 is 5.82 Å². The molecule has 0 saturated carbocycles. The third-order valence-corrected chi connectivity index (χ3v) is 2.74. The summed E-state index contributed by atoms with van der Waals surface area (Å²) in [5.41, 5.74) is 6.99. The van der Waals surface area contributed by atoms with E-state index in [1.807, 2.05) is 17.8 Å². The van der Waals surface area contributed by atoms with Crippen molar-refractivity contribution in [1.82, 2.24) is 14.7 Å². The average molecular weight is 180 g/mol.